The molecule has 1 aliphatic heterocycles. The number of fused-ring (bicyclic) bond motifs is 1. The Bertz CT molecular complexity index is 865. The first-order valence-corrected chi connectivity index (χ1v) is 10.9. The Labute approximate surface area is 156 Å². The number of imidazole rings is 1. The van der Waals surface area contributed by atoms with Gasteiger partial charge in [-0.25, -0.2) is 17.7 Å². The fraction of sp³-hybridized carbons (Fsp3) is 0.632. The third-order valence-electron chi connectivity index (χ3n) is 5.27. The van der Waals surface area contributed by atoms with Gasteiger partial charge in [-0.05, 0) is 56.5 Å². The van der Waals surface area contributed by atoms with Crippen LogP contribution in [0.15, 0.2) is 23.1 Å². The van der Waals surface area contributed by atoms with E-state index in [2.05, 4.69) is 23.3 Å². The minimum absolute atomic E-state index is 0.300. The zero-order valence-electron chi connectivity index (χ0n) is 16.3. The molecule has 0 saturated carbocycles. The summed E-state index contributed by atoms with van der Waals surface area (Å²) in [6, 6.07) is 5.30. The fourth-order valence-electron chi connectivity index (χ4n) is 3.54. The molecule has 3 rings (SSSR count). The van der Waals surface area contributed by atoms with Crippen LogP contribution in [0.1, 0.15) is 38.9 Å². The van der Waals surface area contributed by atoms with Crippen molar-refractivity contribution in [3.8, 4) is 0 Å². The third kappa shape index (κ3) is 3.80. The summed E-state index contributed by atoms with van der Waals surface area (Å²) < 4.78 is 28.3. The number of nitrogens with zero attached hydrogens (tertiary/aromatic N) is 4. The highest BCUT2D eigenvalue weighted by Gasteiger charge is 2.21. The molecule has 1 saturated heterocycles. The molecule has 0 N–H and O–H groups in total. The molecule has 7 heteroatoms. The van der Waals surface area contributed by atoms with Gasteiger partial charge in [0.25, 0.3) is 0 Å². The predicted molar refractivity (Wildman–Crippen MR) is 105 cm³/mol. The van der Waals surface area contributed by atoms with E-state index >= 15 is 0 Å². The van der Waals surface area contributed by atoms with Crippen molar-refractivity contribution in [3.05, 3.63) is 24.0 Å². The van der Waals surface area contributed by atoms with Crippen molar-refractivity contribution in [2.24, 2.45) is 5.92 Å². The van der Waals surface area contributed by atoms with Crippen LogP contribution >= 0.6 is 0 Å². The quantitative estimate of drug-likeness (QED) is 0.775. The SMILES string of the molecule is CCCn1c(CN2CCC(C)CC2)nc2cc(S(=O)(=O)N(C)C)ccc21. The second kappa shape index (κ2) is 7.66. The Hall–Kier alpha value is -1.44. The summed E-state index contributed by atoms with van der Waals surface area (Å²) in [5.41, 5.74) is 1.78. The van der Waals surface area contributed by atoms with Gasteiger partial charge >= 0.3 is 0 Å². The second-order valence-electron chi connectivity index (χ2n) is 7.58. The molecule has 0 atom stereocenters. The Morgan fingerprint density at radius 1 is 1.23 bits per heavy atom. The molecule has 0 amide bonds. The summed E-state index contributed by atoms with van der Waals surface area (Å²) >= 11 is 0. The van der Waals surface area contributed by atoms with Gasteiger partial charge in [0.1, 0.15) is 5.82 Å². The van der Waals surface area contributed by atoms with Gasteiger partial charge in [-0.3, -0.25) is 4.90 Å². The summed E-state index contributed by atoms with van der Waals surface area (Å²) in [7, 11) is -0.337. The molecule has 0 unspecified atom stereocenters. The minimum atomic E-state index is -3.44. The van der Waals surface area contributed by atoms with E-state index in [9.17, 15) is 8.42 Å². The molecule has 6 nitrogen and oxygen atoms in total. The number of piperidine rings is 1. The lowest BCUT2D eigenvalue weighted by Crippen LogP contribution is -2.33. The summed E-state index contributed by atoms with van der Waals surface area (Å²) in [6.45, 7) is 8.42. The van der Waals surface area contributed by atoms with E-state index in [0.717, 1.165) is 55.4 Å². The number of rotatable bonds is 6. The van der Waals surface area contributed by atoms with Crippen LogP contribution in [-0.4, -0.2) is 54.4 Å². The smallest absolute Gasteiger partial charge is 0.242 e. The summed E-state index contributed by atoms with van der Waals surface area (Å²) in [4.78, 5) is 7.58. The van der Waals surface area contributed by atoms with Crippen LogP contribution in [0.25, 0.3) is 11.0 Å². The molecule has 0 spiro atoms. The molecular formula is C19H30N4O2S. The van der Waals surface area contributed by atoms with Gasteiger partial charge in [-0.15, -0.1) is 0 Å². The van der Waals surface area contributed by atoms with E-state index in [4.69, 9.17) is 4.98 Å². The summed E-state index contributed by atoms with van der Waals surface area (Å²) in [5.74, 6) is 1.84. The van der Waals surface area contributed by atoms with E-state index in [1.165, 1.54) is 17.1 Å². The van der Waals surface area contributed by atoms with Crippen molar-refractivity contribution in [1.82, 2.24) is 18.8 Å². The number of sulfonamides is 1. The number of benzene rings is 1. The van der Waals surface area contributed by atoms with Gasteiger partial charge < -0.3 is 4.57 Å². The molecule has 144 valence electrons. The fourth-order valence-corrected chi connectivity index (χ4v) is 4.47. The van der Waals surface area contributed by atoms with Crippen LogP contribution in [0.3, 0.4) is 0 Å². The van der Waals surface area contributed by atoms with Crippen molar-refractivity contribution in [3.63, 3.8) is 0 Å². The number of likely N-dealkylation sites (tertiary alicyclic amines) is 1. The normalized spacial score (nSPS) is 17.4. The molecular weight excluding hydrogens is 348 g/mol. The van der Waals surface area contributed by atoms with E-state index in [1.54, 1.807) is 26.2 Å². The lowest BCUT2D eigenvalue weighted by atomic mass is 9.99. The second-order valence-corrected chi connectivity index (χ2v) is 9.73. The molecule has 0 aliphatic carbocycles. The maximum absolute atomic E-state index is 12.4. The predicted octanol–water partition coefficient (Wildman–Crippen LogP) is 2.93. The Balaban J connectivity index is 1.96. The van der Waals surface area contributed by atoms with Crippen molar-refractivity contribution in [1.29, 1.82) is 0 Å². The van der Waals surface area contributed by atoms with E-state index in [1.807, 2.05) is 6.07 Å². The first-order valence-electron chi connectivity index (χ1n) is 9.47. The van der Waals surface area contributed by atoms with Gasteiger partial charge in [0, 0.05) is 20.6 Å². The lowest BCUT2D eigenvalue weighted by Gasteiger charge is -2.29. The van der Waals surface area contributed by atoms with Crippen LogP contribution < -0.4 is 0 Å². The van der Waals surface area contributed by atoms with Crippen LogP contribution in [0, 0.1) is 5.92 Å². The molecule has 1 aliphatic rings. The Morgan fingerprint density at radius 2 is 1.92 bits per heavy atom. The Kier molecular flexibility index (Phi) is 5.69. The zero-order chi connectivity index (χ0) is 18.9. The van der Waals surface area contributed by atoms with Gasteiger partial charge in [-0.1, -0.05) is 13.8 Å². The lowest BCUT2D eigenvalue weighted by molar-refractivity contribution is 0.179. The minimum Gasteiger partial charge on any atom is -0.327 e. The number of hydrogen-bond acceptors (Lipinski definition) is 4. The van der Waals surface area contributed by atoms with Crippen molar-refractivity contribution in [2.75, 3.05) is 27.2 Å². The van der Waals surface area contributed by atoms with Crippen molar-refractivity contribution >= 4 is 21.1 Å². The van der Waals surface area contributed by atoms with E-state index in [-0.39, 0.29) is 0 Å². The molecule has 0 radical (unpaired) electrons. The first-order chi connectivity index (χ1) is 12.3. The highest BCUT2D eigenvalue weighted by molar-refractivity contribution is 7.89. The average molecular weight is 379 g/mol. The molecule has 2 heterocycles. The zero-order valence-corrected chi connectivity index (χ0v) is 17.1. The molecule has 1 aromatic carbocycles. The van der Waals surface area contributed by atoms with Gasteiger partial charge in [0.2, 0.25) is 10.0 Å². The highest BCUT2D eigenvalue weighted by Crippen LogP contribution is 2.24. The van der Waals surface area contributed by atoms with E-state index in [0.29, 0.717) is 4.90 Å². The van der Waals surface area contributed by atoms with E-state index < -0.39 is 10.0 Å². The third-order valence-corrected chi connectivity index (χ3v) is 7.08. The summed E-state index contributed by atoms with van der Waals surface area (Å²) in [5, 5.41) is 0. The molecule has 1 fully saturated rings. The molecule has 0 bridgehead atoms. The topological polar surface area (TPSA) is 58.4 Å². The maximum Gasteiger partial charge on any atom is 0.242 e. The molecule has 26 heavy (non-hydrogen) atoms. The van der Waals surface area contributed by atoms with Crippen molar-refractivity contribution < 1.29 is 8.42 Å². The van der Waals surface area contributed by atoms with Gasteiger partial charge in [-0.2, -0.15) is 0 Å². The maximum atomic E-state index is 12.4. The molecule has 2 aromatic rings. The largest absolute Gasteiger partial charge is 0.327 e. The monoisotopic (exact) mass is 378 g/mol. The van der Waals surface area contributed by atoms with Crippen LogP contribution in [-0.2, 0) is 23.1 Å². The number of aryl methyl sites for hydroxylation is 1. The van der Waals surface area contributed by atoms with Crippen LogP contribution in [0.4, 0.5) is 0 Å². The first kappa shape index (κ1) is 19.3. The number of hydrogen-bond donors (Lipinski definition) is 0. The Morgan fingerprint density at radius 3 is 2.54 bits per heavy atom. The van der Waals surface area contributed by atoms with Crippen LogP contribution in [0.2, 0.25) is 0 Å². The van der Waals surface area contributed by atoms with Crippen molar-refractivity contribution in [2.45, 2.75) is 51.1 Å². The molecule has 1 aromatic heterocycles. The highest BCUT2D eigenvalue weighted by atomic mass is 32.2. The summed E-state index contributed by atoms with van der Waals surface area (Å²) in [6.07, 6.45) is 3.49. The number of aromatic nitrogens is 2. The average Bonchev–Trinajstić information content (AvgIpc) is 2.94. The van der Waals surface area contributed by atoms with Gasteiger partial charge in [0.05, 0.1) is 22.5 Å². The van der Waals surface area contributed by atoms with Gasteiger partial charge in [0.15, 0.2) is 0 Å². The van der Waals surface area contributed by atoms with Crippen LogP contribution in [0.5, 0.6) is 0 Å². The standard InChI is InChI=1S/C19H30N4O2S/c1-5-10-23-18-7-6-16(26(24,25)21(3)4)13-17(18)20-19(23)14-22-11-8-15(2)9-12-22/h6-7,13,15H,5,8-12,14H2,1-4H3.